The molecule has 1 aliphatic heterocycles. The van der Waals surface area contributed by atoms with Crippen molar-refractivity contribution < 1.29 is 4.79 Å². The van der Waals surface area contributed by atoms with E-state index in [-0.39, 0.29) is 11.4 Å². The van der Waals surface area contributed by atoms with Crippen molar-refractivity contribution in [1.29, 1.82) is 0 Å². The molecule has 2 aliphatic rings. The first-order valence-corrected chi connectivity index (χ1v) is 11.8. The first-order valence-electron chi connectivity index (χ1n) is 9.67. The maximum Gasteiger partial charge on any atom is 0.276 e. The highest BCUT2D eigenvalue weighted by Crippen LogP contribution is 2.44. The van der Waals surface area contributed by atoms with Gasteiger partial charge in [0.05, 0.1) is 10.1 Å². The normalized spacial score (nSPS) is 18.5. The van der Waals surface area contributed by atoms with E-state index in [2.05, 4.69) is 43.3 Å². The van der Waals surface area contributed by atoms with Gasteiger partial charge in [0.15, 0.2) is 5.69 Å². The summed E-state index contributed by atoms with van der Waals surface area (Å²) in [4.78, 5) is 12.8. The molecule has 27 heavy (non-hydrogen) atoms. The number of nitrogens with zero attached hydrogens (tertiary/aromatic N) is 2. The molecule has 0 spiro atoms. The number of rotatable bonds is 4. The minimum Gasteiger partial charge on any atom is -0.321 e. The van der Waals surface area contributed by atoms with Crippen LogP contribution in [0.5, 0.6) is 0 Å². The molecule has 1 saturated carbocycles. The maximum atomic E-state index is 12.8. The van der Waals surface area contributed by atoms with Gasteiger partial charge in [-0.3, -0.25) is 9.48 Å². The quantitative estimate of drug-likeness (QED) is 0.720. The van der Waals surface area contributed by atoms with Crippen molar-refractivity contribution in [3.05, 3.63) is 47.3 Å². The highest BCUT2D eigenvalue weighted by atomic mass is 32.2. The number of carbonyl (C=O) groups excluding carboxylic acids is 1. The van der Waals surface area contributed by atoms with Crippen LogP contribution >= 0.6 is 23.5 Å². The van der Waals surface area contributed by atoms with Gasteiger partial charge in [-0.25, -0.2) is 0 Å². The van der Waals surface area contributed by atoms with E-state index in [0.29, 0.717) is 16.2 Å². The standard InChI is InChI=1S/C21H27N3OS2/c1-21(2,3)24-18(14-8-9-14)13-17(23-24)19(25)22-16-7-4-6-15(12-16)20-26-10-5-11-27-20/h4,6-7,12-14,20H,5,8-11H2,1-3H3,(H,22,25). The van der Waals surface area contributed by atoms with Crippen LogP contribution in [0, 0.1) is 0 Å². The van der Waals surface area contributed by atoms with Crippen LogP contribution in [-0.4, -0.2) is 27.2 Å². The molecule has 4 rings (SSSR count). The molecule has 1 saturated heterocycles. The Labute approximate surface area is 169 Å². The molecular formula is C21H27N3OS2. The minimum atomic E-state index is -0.124. The third-order valence-corrected chi connectivity index (χ3v) is 7.86. The van der Waals surface area contributed by atoms with E-state index >= 15 is 0 Å². The topological polar surface area (TPSA) is 46.9 Å². The van der Waals surface area contributed by atoms with E-state index in [9.17, 15) is 4.79 Å². The maximum absolute atomic E-state index is 12.8. The summed E-state index contributed by atoms with van der Waals surface area (Å²) >= 11 is 3.99. The lowest BCUT2D eigenvalue weighted by Crippen LogP contribution is -2.25. The zero-order valence-electron chi connectivity index (χ0n) is 16.2. The van der Waals surface area contributed by atoms with Gasteiger partial charge in [-0.2, -0.15) is 5.10 Å². The summed E-state index contributed by atoms with van der Waals surface area (Å²) in [6, 6.07) is 10.2. The molecule has 144 valence electrons. The largest absolute Gasteiger partial charge is 0.321 e. The number of amides is 1. The first kappa shape index (κ1) is 18.9. The fourth-order valence-electron chi connectivity index (χ4n) is 3.35. The fourth-order valence-corrected chi connectivity index (χ4v) is 6.23. The number of aromatic nitrogens is 2. The molecule has 2 aromatic rings. The van der Waals surface area contributed by atoms with E-state index in [1.54, 1.807) is 0 Å². The highest BCUT2D eigenvalue weighted by molar-refractivity contribution is 8.16. The molecule has 0 unspecified atom stereocenters. The Bertz CT molecular complexity index is 830. The van der Waals surface area contributed by atoms with Crippen LogP contribution in [0.1, 0.15) is 72.3 Å². The molecule has 2 heterocycles. The molecule has 0 bridgehead atoms. The molecule has 4 nitrogen and oxygen atoms in total. The van der Waals surface area contributed by atoms with E-state index in [1.807, 2.05) is 46.4 Å². The summed E-state index contributed by atoms with van der Waals surface area (Å²) in [5, 5.41) is 7.70. The number of hydrogen-bond acceptors (Lipinski definition) is 4. The van der Waals surface area contributed by atoms with Crippen molar-refractivity contribution in [3.63, 3.8) is 0 Å². The molecule has 1 aliphatic carbocycles. The minimum absolute atomic E-state index is 0.119. The van der Waals surface area contributed by atoms with Crippen LogP contribution in [0.4, 0.5) is 5.69 Å². The Morgan fingerprint density at radius 2 is 1.93 bits per heavy atom. The lowest BCUT2D eigenvalue weighted by Gasteiger charge is -2.22. The summed E-state index contributed by atoms with van der Waals surface area (Å²) < 4.78 is 2.50. The van der Waals surface area contributed by atoms with E-state index in [1.165, 1.54) is 42.0 Å². The number of anilines is 1. The average molecular weight is 402 g/mol. The van der Waals surface area contributed by atoms with Crippen molar-refractivity contribution in [1.82, 2.24) is 9.78 Å². The van der Waals surface area contributed by atoms with Crippen molar-refractivity contribution >= 4 is 35.1 Å². The summed E-state index contributed by atoms with van der Waals surface area (Å²) in [5.41, 5.74) is 3.71. The predicted octanol–water partition coefficient (Wildman–Crippen LogP) is 5.64. The molecular weight excluding hydrogens is 374 g/mol. The van der Waals surface area contributed by atoms with Crippen LogP contribution in [-0.2, 0) is 5.54 Å². The van der Waals surface area contributed by atoms with Gasteiger partial charge in [0.1, 0.15) is 0 Å². The van der Waals surface area contributed by atoms with Gasteiger partial charge in [0, 0.05) is 17.3 Å². The van der Waals surface area contributed by atoms with Gasteiger partial charge < -0.3 is 5.32 Å². The number of hydrogen-bond donors (Lipinski definition) is 1. The summed E-state index contributed by atoms with van der Waals surface area (Å²) in [6.45, 7) is 6.41. The second-order valence-electron chi connectivity index (χ2n) is 8.32. The third-order valence-electron chi connectivity index (χ3n) is 4.84. The molecule has 6 heteroatoms. The highest BCUT2D eigenvalue weighted by Gasteiger charge is 2.32. The monoisotopic (exact) mass is 401 g/mol. The summed E-state index contributed by atoms with van der Waals surface area (Å²) in [5.74, 6) is 2.85. The lowest BCUT2D eigenvalue weighted by molar-refractivity contribution is 0.102. The third kappa shape index (κ3) is 4.37. The molecule has 1 aromatic carbocycles. The van der Waals surface area contributed by atoms with Gasteiger partial charge in [0.2, 0.25) is 0 Å². The van der Waals surface area contributed by atoms with Crippen molar-refractivity contribution in [2.45, 2.75) is 56.1 Å². The molecule has 0 atom stereocenters. The van der Waals surface area contributed by atoms with Crippen molar-refractivity contribution in [3.8, 4) is 0 Å². The van der Waals surface area contributed by atoms with Gasteiger partial charge in [-0.05, 0) is 75.3 Å². The molecule has 1 aromatic heterocycles. The van der Waals surface area contributed by atoms with Crippen LogP contribution in [0.15, 0.2) is 30.3 Å². The molecule has 1 amide bonds. The molecule has 0 radical (unpaired) electrons. The van der Waals surface area contributed by atoms with Gasteiger partial charge in [-0.15, -0.1) is 23.5 Å². The van der Waals surface area contributed by atoms with Crippen LogP contribution in [0.3, 0.4) is 0 Å². The van der Waals surface area contributed by atoms with E-state index < -0.39 is 0 Å². The Morgan fingerprint density at radius 1 is 1.19 bits per heavy atom. The zero-order valence-corrected chi connectivity index (χ0v) is 17.8. The zero-order chi connectivity index (χ0) is 19.0. The summed E-state index contributed by atoms with van der Waals surface area (Å²) in [6.07, 6.45) is 3.67. The number of benzene rings is 1. The van der Waals surface area contributed by atoms with Crippen LogP contribution in [0.25, 0.3) is 0 Å². The van der Waals surface area contributed by atoms with Gasteiger partial charge in [0.25, 0.3) is 5.91 Å². The predicted molar refractivity (Wildman–Crippen MR) is 116 cm³/mol. The lowest BCUT2D eigenvalue weighted by atomic mass is 10.1. The Morgan fingerprint density at radius 3 is 2.59 bits per heavy atom. The number of carbonyl (C=O) groups is 1. The molecule has 1 N–H and O–H groups in total. The SMILES string of the molecule is CC(C)(C)n1nc(C(=O)Nc2cccc(C3SCCCS3)c2)cc1C1CC1. The molecule has 2 fully saturated rings. The Balaban J connectivity index is 1.52. The number of thioether (sulfide) groups is 2. The van der Waals surface area contributed by atoms with Gasteiger partial charge in [-0.1, -0.05) is 12.1 Å². The smallest absolute Gasteiger partial charge is 0.276 e. The van der Waals surface area contributed by atoms with Crippen LogP contribution in [0.2, 0.25) is 0 Å². The van der Waals surface area contributed by atoms with E-state index in [4.69, 9.17) is 0 Å². The van der Waals surface area contributed by atoms with Crippen molar-refractivity contribution in [2.75, 3.05) is 16.8 Å². The van der Waals surface area contributed by atoms with E-state index in [0.717, 1.165) is 5.69 Å². The number of nitrogens with one attached hydrogen (secondary N) is 1. The van der Waals surface area contributed by atoms with Crippen LogP contribution < -0.4 is 5.32 Å². The second kappa shape index (κ2) is 7.55. The van der Waals surface area contributed by atoms with Gasteiger partial charge >= 0.3 is 0 Å². The summed E-state index contributed by atoms with van der Waals surface area (Å²) in [7, 11) is 0. The van der Waals surface area contributed by atoms with Crippen molar-refractivity contribution in [2.24, 2.45) is 0 Å². The first-order chi connectivity index (χ1) is 12.9. The average Bonchev–Trinajstić information content (AvgIpc) is 3.39. The Kier molecular flexibility index (Phi) is 5.30. The second-order valence-corrected chi connectivity index (χ2v) is 11.0. The Hall–Kier alpha value is -1.40. The fraction of sp³-hybridized carbons (Fsp3) is 0.524.